The van der Waals surface area contributed by atoms with Crippen LogP contribution in [0, 0.1) is 11.8 Å². The highest BCUT2D eigenvalue weighted by molar-refractivity contribution is 7.89. The molecule has 22 heteroatoms. The third-order valence-electron chi connectivity index (χ3n) is 16.8. The van der Waals surface area contributed by atoms with Gasteiger partial charge in [-0.05, 0) is 161 Å². The van der Waals surface area contributed by atoms with Gasteiger partial charge < -0.3 is 48.5 Å². The van der Waals surface area contributed by atoms with Gasteiger partial charge in [0.25, 0.3) is 11.8 Å². The number of fused-ring (bicyclic) bond motifs is 2. The average Bonchev–Trinajstić information content (AvgIpc) is 4.25. The van der Waals surface area contributed by atoms with E-state index in [1.807, 2.05) is 6.07 Å². The van der Waals surface area contributed by atoms with Crippen molar-refractivity contribution >= 4 is 31.9 Å². The van der Waals surface area contributed by atoms with Crippen molar-refractivity contribution in [2.75, 3.05) is 132 Å². The van der Waals surface area contributed by atoms with Crippen LogP contribution >= 0.6 is 0 Å². The van der Waals surface area contributed by atoms with Gasteiger partial charge in [-0.25, -0.2) is 26.3 Å². The summed E-state index contributed by atoms with van der Waals surface area (Å²) in [5.41, 5.74) is 4.71. The molecule has 5 aliphatic rings. The van der Waals surface area contributed by atoms with Crippen LogP contribution in [0.2, 0.25) is 0 Å². The number of nitrogens with one attached hydrogen (secondary N) is 4. The van der Waals surface area contributed by atoms with E-state index >= 15 is 0 Å². The van der Waals surface area contributed by atoms with Gasteiger partial charge in [-0.1, -0.05) is 61.7 Å². The number of piperidine rings is 2. The van der Waals surface area contributed by atoms with E-state index in [1.165, 1.54) is 61.3 Å². The Morgan fingerprint density at radius 3 is 1.48 bits per heavy atom. The van der Waals surface area contributed by atoms with E-state index in [4.69, 9.17) is 37.9 Å². The lowest BCUT2D eigenvalue weighted by atomic mass is 9.83. The van der Waals surface area contributed by atoms with E-state index in [1.54, 1.807) is 66.7 Å². The van der Waals surface area contributed by atoms with Gasteiger partial charge in [0.05, 0.1) is 101 Å². The summed E-state index contributed by atoms with van der Waals surface area (Å²) in [5, 5.41) is 5.59. The Morgan fingerprint density at radius 2 is 0.966 bits per heavy atom. The fraction of sp³-hybridized carbons (Fsp3) is 0.569. The second-order valence-electron chi connectivity index (χ2n) is 23.0. The number of rotatable bonds is 36. The summed E-state index contributed by atoms with van der Waals surface area (Å²) in [4.78, 5) is 31.1. The average molecular weight is 1240 g/mol. The van der Waals surface area contributed by atoms with Crippen LogP contribution in [0.1, 0.15) is 103 Å². The summed E-state index contributed by atoms with van der Waals surface area (Å²) < 4.78 is 104. The van der Waals surface area contributed by atoms with Gasteiger partial charge in [0.2, 0.25) is 20.0 Å². The van der Waals surface area contributed by atoms with Crippen LogP contribution in [0.15, 0.2) is 119 Å². The van der Waals surface area contributed by atoms with Gasteiger partial charge in [0, 0.05) is 43.2 Å². The van der Waals surface area contributed by atoms with Crippen molar-refractivity contribution in [3.05, 3.63) is 131 Å². The van der Waals surface area contributed by atoms with Crippen molar-refractivity contribution in [2.45, 2.75) is 105 Å². The van der Waals surface area contributed by atoms with Crippen LogP contribution in [-0.4, -0.2) is 188 Å². The number of amides is 2. The van der Waals surface area contributed by atoms with E-state index in [-0.39, 0.29) is 106 Å². The van der Waals surface area contributed by atoms with E-state index < -0.39 is 20.0 Å². The normalized spacial score (nSPS) is 21.6. The number of benzene rings is 4. The minimum atomic E-state index is -3.75. The van der Waals surface area contributed by atoms with Crippen LogP contribution in [-0.2, 0) is 54.9 Å². The number of carbonyl (C=O) groups is 2. The quantitative estimate of drug-likeness (QED) is 0.0274. The SMILES string of the molecule is CC1CC=C2C[C@H](N3CCCCC3)[C@@H](Oc3ccc(S(=O)(=O)NCCOCCOCCOCCNC(=O)c4cccc(C(=O)NCCOCCOCCOCCNS(=O)(=O)c5ccc(O[C@H]6c7ccccc7C[C@@H]6N6CCCCC6)cc5)c4)cc3)C2C1. The number of likely N-dealkylation sites (tertiary alicyclic amines) is 2. The molecule has 3 aliphatic carbocycles. The maximum absolute atomic E-state index is 13.1. The largest absolute Gasteiger partial charge is 0.488 e. The number of hydrogen-bond acceptors (Lipinski definition) is 16. The van der Waals surface area contributed by atoms with Gasteiger partial charge in [-0.2, -0.15) is 0 Å². The van der Waals surface area contributed by atoms with Crippen LogP contribution in [0.25, 0.3) is 0 Å². The maximum atomic E-state index is 13.1. The van der Waals surface area contributed by atoms with E-state index in [0.717, 1.165) is 51.9 Å². The second kappa shape index (κ2) is 34.0. The molecule has 20 nitrogen and oxygen atoms in total. The molecular weight excluding hydrogens is 1150 g/mol. The number of hydrogen-bond donors (Lipinski definition) is 4. The molecule has 0 radical (unpaired) electrons. The summed E-state index contributed by atoms with van der Waals surface area (Å²) in [5.74, 6) is 1.68. The molecule has 87 heavy (non-hydrogen) atoms. The third kappa shape index (κ3) is 19.8. The Morgan fingerprint density at radius 1 is 0.506 bits per heavy atom. The zero-order valence-electron chi connectivity index (χ0n) is 50.4. The highest BCUT2D eigenvalue weighted by Gasteiger charge is 2.46. The first-order valence-corrected chi connectivity index (χ1v) is 34.3. The second-order valence-corrected chi connectivity index (χ2v) is 26.6. The first-order chi connectivity index (χ1) is 42.4. The summed E-state index contributed by atoms with van der Waals surface area (Å²) in [7, 11) is -7.48. The summed E-state index contributed by atoms with van der Waals surface area (Å²) in [6.45, 7) is 10.7. The molecule has 1 saturated carbocycles. The molecule has 0 aromatic heterocycles. The van der Waals surface area contributed by atoms with Gasteiger partial charge in [0.1, 0.15) is 23.7 Å². The van der Waals surface area contributed by atoms with Crippen molar-refractivity contribution in [3.8, 4) is 11.5 Å². The van der Waals surface area contributed by atoms with Crippen molar-refractivity contribution in [2.24, 2.45) is 11.8 Å². The lowest BCUT2D eigenvalue weighted by molar-refractivity contribution is 0.0162. The van der Waals surface area contributed by atoms with Gasteiger partial charge in [-0.3, -0.25) is 19.4 Å². The Kier molecular flexibility index (Phi) is 25.8. The smallest absolute Gasteiger partial charge is 0.251 e. The van der Waals surface area contributed by atoms with Crippen LogP contribution < -0.4 is 29.6 Å². The number of allylic oxidation sites excluding steroid dienone is 1. The highest BCUT2D eigenvalue weighted by Crippen LogP contribution is 2.45. The first-order valence-electron chi connectivity index (χ1n) is 31.3. The predicted molar refractivity (Wildman–Crippen MR) is 330 cm³/mol. The zero-order chi connectivity index (χ0) is 60.7. The van der Waals surface area contributed by atoms with E-state index in [9.17, 15) is 26.4 Å². The monoisotopic (exact) mass is 1240 g/mol. The van der Waals surface area contributed by atoms with Gasteiger partial charge in [-0.15, -0.1) is 0 Å². The molecule has 0 bridgehead atoms. The minimum Gasteiger partial charge on any atom is -0.488 e. The maximum Gasteiger partial charge on any atom is 0.251 e. The van der Waals surface area contributed by atoms with E-state index in [2.05, 4.69) is 61.1 Å². The third-order valence-corrected chi connectivity index (χ3v) is 19.8. The fourth-order valence-electron chi connectivity index (χ4n) is 12.3. The zero-order valence-corrected chi connectivity index (χ0v) is 52.1. The Bertz CT molecular complexity index is 3030. The predicted octanol–water partition coefficient (Wildman–Crippen LogP) is 6.71. The highest BCUT2D eigenvalue weighted by atomic mass is 32.2. The van der Waals surface area contributed by atoms with Crippen molar-refractivity contribution in [1.82, 2.24) is 29.9 Å². The molecule has 4 aromatic rings. The molecule has 2 heterocycles. The number of ether oxygens (including phenoxy) is 8. The molecule has 3 fully saturated rings. The van der Waals surface area contributed by atoms with Crippen LogP contribution in [0.4, 0.5) is 0 Å². The van der Waals surface area contributed by atoms with Gasteiger partial charge >= 0.3 is 0 Å². The number of sulfonamides is 2. The Hall–Kier alpha value is -5.34. The summed E-state index contributed by atoms with van der Waals surface area (Å²) in [6.07, 6.45) is 14.1. The minimum absolute atomic E-state index is 0.0625. The fourth-order valence-corrected chi connectivity index (χ4v) is 14.3. The topological polar surface area (TPSA) is 231 Å². The first kappa shape index (κ1) is 66.1. The molecule has 9 rings (SSSR count). The Labute approximate surface area is 514 Å². The molecule has 4 aromatic carbocycles. The molecule has 6 atom stereocenters. The molecule has 2 unspecified atom stereocenters. The van der Waals surface area contributed by atoms with Gasteiger partial charge in [0.15, 0.2) is 0 Å². The molecule has 2 aliphatic heterocycles. The molecular formula is C65H90N6O14S2. The number of carbonyl (C=O) groups excluding carboxylic acids is 2. The van der Waals surface area contributed by atoms with Crippen molar-refractivity contribution in [1.29, 1.82) is 0 Å². The molecule has 2 amide bonds. The van der Waals surface area contributed by atoms with Crippen LogP contribution in [0.5, 0.6) is 11.5 Å². The summed E-state index contributed by atoms with van der Waals surface area (Å²) in [6, 6.07) is 28.8. The molecule has 4 N–H and O–H groups in total. The van der Waals surface area contributed by atoms with Crippen molar-refractivity contribution in [3.63, 3.8) is 0 Å². The molecule has 2 saturated heterocycles. The lowest BCUT2D eigenvalue weighted by Gasteiger charge is -2.37. The van der Waals surface area contributed by atoms with Crippen molar-refractivity contribution < 1.29 is 64.3 Å². The Balaban J connectivity index is 0.540. The standard InChI is InChI=1S/C65H90N6O14S2/c1-49-15-16-51-48-61(71-31-8-3-9-32-71)63(59(51)45-49)85-55-19-23-57(24-20-55)87(76,77)69-28-36-81-40-44-83-42-38-79-34-26-67-65(73)53-13-10-12-52(46-53)64(72)66-25-33-78-37-41-82-43-39-80-35-27-68-86(74,75)56-21-17-54(18-22-56)84-62-58-14-5-4-11-50(58)47-60(62)70-29-6-2-7-30-70/h4-5,10-14,16-24,46,49,59-63,68-69H,2-3,6-9,15,25-45,47-48H2,1H3,(H,66,72)(H,67,73)/t49?,59?,60-,61-,62-,63-/m0/s1. The number of nitrogens with zero attached hydrogens (tertiary/aromatic N) is 2. The molecule has 476 valence electrons. The molecule has 0 spiro atoms. The van der Waals surface area contributed by atoms with E-state index in [0.29, 0.717) is 80.1 Å². The lowest BCUT2D eigenvalue weighted by Crippen LogP contribution is -2.47. The summed E-state index contributed by atoms with van der Waals surface area (Å²) >= 11 is 0. The van der Waals surface area contributed by atoms with Crippen LogP contribution in [0.3, 0.4) is 0 Å².